The van der Waals surface area contributed by atoms with E-state index in [0.717, 1.165) is 31.1 Å². The standard InChI is InChI=1S/C15H22ClN3OS/c1-18-6-2-11(3-7-18)12-4-8-19(10-12)15(20)17-13-5-9-21-14(13)16/h5,9,11-12H,2-4,6-8,10H2,1H3,(H,17,20)/t12-/m0/s1. The third-order valence-electron chi connectivity index (χ3n) is 4.80. The van der Waals surface area contributed by atoms with Gasteiger partial charge in [-0.3, -0.25) is 0 Å². The first kappa shape index (κ1) is 15.1. The van der Waals surface area contributed by atoms with Crippen LogP contribution in [0.4, 0.5) is 10.5 Å². The second kappa shape index (κ2) is 6.55. The summed E-state index contributed by atoms with van der Waals surface area (Å²) in [6.45, 7) is 4.14. The van der Waals surface area contributed by atoms with E-state index in [1.165, 1.54) is 37.3 Å². The summed E-state index contributed by atoms with van der Waals surface area (Å²) in [7, 11) is 2.19. The van der Waals surface area contributed by atoms with Gasteiger partial charge in [-0.1, -0.05) is 11.6 Å². The summed E-state index contributed by atoms with van der Waals surface area (Å²) in [5, 5.41) is 4.81. The highest BCUT2D eigenvalue weighted by atomic mass is 35.5. The highest BCUT2D eigenvalue weighted by Gasteiger charge is 2.33. The molecule has 2 aliphatic rings. The summed E-state index contributed by atoms with van der Waals surface area (Å²) in [6, 6.07) is 1.85. The van der Waals surface area contributed by atoms with Crippen LogP contribution in [0.5, 0.6) is 0 Å². The van der Waals surface area contributed by atoms with Crippen LogP contribution in [0.15, 0.2) is 11.4 Å². The maximum atomic E-state index is 12.3. The molecule has 0 aliphatic carbocycles. The molecule has 1 aromatic heterocycles. The number of nitrogens with one attached hydrogen (secondary N) is 1. The first-order valence-corrected chi connectivity index (χ1v) is 8.86. The predicted molar refractivity (Wildman–Crippen MR) is 88.2 cm³/mol. The molecule has 21 heavy (non-hydrogen) atoms. The topological polar surface area (TPSA) is 35.6 Å². The highest BCUT2D eigenvalue weighted by Crippen LogP contribution is 2.32. The molecule has 0 spiro atoms. The van der Waals surface area contributed by atoms with Gasteiger partial charge in [0.15, 0.2) is 0 Å². The number of amides is 2. The number of carbonyl (C=O) groups is 1. The maximum Gasteiger partial charge on any atom is 0.321 e. The van der Waals surface area contributed by atoms with Crippen molar-refractivity contribution < 1.29 is 4.79 Å². The van der Waals surface area contributed by atoms with E-state index in [9.17, 15) is 4.79 Å². The molecule has 3 heterocycles. The summed E-state index contributed by atoms with van der Waals surface area (Å²) >= 11 is 7.48. The van der Waals surface area contributed by atoms with Crippen LogP contribution in [0.25, 0.3) is 0 Å². The number of nitrogens with zero attached hydrogens (tertiary/aromatic N) is 2. The molecular weight excluding hydrogens is 306 g/mol. The van der Waals surface area contributed by atoms with E-state index in [1.54, 1.807) is 0 Å². The Morgan fingerprint density at radius 2 is 2.00 bits per heavy atom. The number of halogens is 1. The van der Waals surface area contributed by atoms with E-state index in [1.807, 2.05) is 16.3 Å². The fourth-order valence-electron chi connectivity index (χ4n) is 3.43. The van der Waals surface area contributed by atoms with Crippen LogP contribution < -0.4 is 5.32 Å². The molecule has 1 N–H and O–H groups in total. The number of carbonyl (C=O) groups excluding carboxylic acids is 1. The Morgan fingerprint density at radius 1 is 1.29 bits per heavy atom. The van der Waals surface area contributed by atoms with Crippen molar-refractivity contribution in [1.82, 2.24) is 9.80 Å². The lowest BCUT2D eigenvalue weighted by molar-refractivity contribution is 0.170. The van der Waals surface area contributed by atoms with Gasteiger partial charge in [0.2, 0.25) is 0 Å². The lowest BCUT2D eigenvalue weighted by atomic mass is 9.84. The Balaban J connectivity index is 1.52. The fraction of sp³-hybridized carbons (Fsp3) is 0.667. The van der Waals surface area contributed by atoms with E-state index in [0.29, 0.717) is 10.3 Å². The molecule has 2 aliphatic heterocycles. The smallest absolute Gasteiger partial charge is 0.321 e. The van der Waals surface area contributed by atoms with Gasteiger partial charge in [-0.05, 0) is 62.7 Å². The van der Waals surface area contributed by atoms with Crippen molar-refractivity contribution in [2.45, 2.75) is 19.3 Å². The van der Waals surface area contributed by atoms with Gasteiger partial charge in [-0.15, -0.1) is 11.3 Å². The van der Waals surface area contributed by atoms with Crippen LogP contribution in [-0.2, 0) is 0 Å². The number of likely N-dealkylation sites (tertiary alicyclic amines) is 2. The Kier molecular flexibility index (Phi) is 4.72. The van der Waals surface area contributed by atoms with Gasteiger partial charge in [0.1, 0.15) is 4.34 Å². The minimum absolute atomic E-state index is 0.00859. The van der Waals surface area contributed by atoms with Crippen LogP contribution in [0.3, 0.4) is 0 Å². The summed E-state index contributed by atoms with van der Waals surface area (Å²) in [5.41, 5.74) is 0.731. The highest BCUT2D eigenvalue weighted by molar-refractivity contribution is 7.15. The van der Waals surface area contributed by atoms with Crippen molar-refractivity contribution in [3.8, 4) is 0 Å². The minimum atomic E-state index is -0.00859. The first-order chi connectivity index (χ1) is 10.1. The third kappa shape index (κ3) is 3.52. The Labute approximate surface area is 135 Å². The SMILES string of the molecule is CN1CCC([C@H]2CCN(C(=O)Nc3ccsc3Cl)C2)CC1. The molecule has 2 fully saturated rings. The zero-order valence-electron chi connectivity index (χ0n) is 12.3. The molecule has 2 saturated heterocycles. The zero-order chi connectivity index (χ0) is 14.8. The minimum Gasteiger partial charge on any atom is -0.324 e. The van der Waals surface area contributed by atoms with Gasteiger partial charge >= 0.3 is 6.03 Å². The van der Waals surface area contributed by atoms with Crippen molar-refractivity contribution in [2.75, 3.05) is 38.5 Å². The van der Waals surface area contributed by atoms with E-state index in [-0.39, 0.29) is 6.03 Å². The van der Waals surface area contributed by atoms with E-state index >= 15 is 0 Å². The molecular formula is C15H22ClN3OS. The number of rotatable bonds is 2. The summed E-state index contributed by atoms with van der Waals surface area (Å²) in [6.07, 6.45) is 3.68. The molecule has 0 saturated carbocycles. The predicted octanol–water partition coefficient (Wildman–Crippen LogP) is 3.60. The molecule has 0 unspecified atom stereocenters. The van der Waals surface area contributed by atoms with E-state index in [2.05, 4.69) is 17.3 Å². The van der Waals surface area contributed by atoms with Crippen molar-refractivity contribution in [2.24, 2.45) is 11.8 Å². The van der Waals surface area contributed by atoms with Crippen molar-refractivity contribution in [3.05, 3.63) is 15.8 Å². The second-order valence-corrected chi connectivity index (χ2v) is 7.69. The number of piperidine rings is 1. The molecule has 6 heteroatoms. The van der Waals surface area contributed by atoms with Gasteiger partial charge in [-0.25, -0.2) is 4.79 Å². The maximum absolute atomic E-state index is 12.3. The fourth-order valence-corrected chi connectivity index (χ4v) is 4.27. The van der Waals surface area contributed by atoms with Gasteiger partial charge < -0.3 is 15.1 Å². The normalized spacial score (nSPS) is 24.5. The molecule has 3 rings (SSSR count). The van der Waals surface area contributed by atoms with Crippen LogP contribution in [0.1, 0.15) is 19.3 Å². The Morgan fingerprint density at radius 3 is 2.67 bits per heavy atom. The zero-order valence-corrected chi connectivity index (χ0v) is 13.9. The van der Waals surface area contributed by atoms with Gasteiger partial charge in [0.05, 0.1) is 5.69 Å². The molecule has 116 valence electrons. The largest absolute Gasteiger partial charge is 0.324 e. The van der Waals surface area contributed by atoms with Gasteiger partial charge in [0.25, 0.3) is 0 Å². The number of hydrogen-bond donors (Lipinski definition) is 1. The molecule has 0 radical (unpaired) electrons. The number of thiophene rings is 1. The average Bonchev–Trinajstić information content (AvgIpc) is 3.10. The summed E-state index contributed by atoms with van der Waals surface area (Å²) in [4.78, 5) is 16.6. The van der Waals surface area contributed by atoms with Crippen molar-refractivity contribution in [3.63, 3.8) is 0 Å². The van der Waals surface area contributed by atoms with E-state index < -0.39 is 0 Å². The van der Waals surface area contributed by atoms with Crippen LogP contribution in [-0.4, -0.2) is 49.1 Å². The van der Waals surface area contributed by atoms with Gasteiger partial charge in [0, 0.05) is 13.1 Å². The number of urea groups is 1. The van der Waals surface area contributed by atoms with Crippen LogP contribution in [0, 0.1) is 11.8 Å². The second-order valence-electron chi connectivity index (χ2n) is 6.17. The third-order valence-corrected chi connectivity index (χ3v) is 5.97. The lowest BCUT2D eigenvalue weighted by Gasteiger charge is -2.32. The molecule has 2 amide bonds. The molecule has 1 atom stereocenters. The first-order valence-electron chi connectivity index (χ1n) is 7.61. The lowest BCUT2D eigenvalue weighted by Crippen LogP contribution is -2.36. The van der Waals surface area contributed by atoms with Crippen molar-refractivity contribution in [1.29, 1.82) is 0 Å². The average molecular weight is 328 g/mol. The van der Waals surface area contributed by atoms with Crippen LogP contribution >= 0.6 is 22.9 Å². The van der Waals surface area contributed by atoms with Crippen LogP contribution in [0.2, 0.25) is 4.34 Å². The Hall–Kier alpha value is -0.780. The molecule has 4 nitrogen and oxygen atoms in total. The quantitative estimate of drug-likeness (QED) is 0.901. The van der Waals surface area contributed by atoms with Crippen molar-refractivity contribution >= 4 is 34.7 Å². The van der Waals surface area contributed by atoms with Gasteiger partial charge in [-0.2, -0.15) is 0 Å². The summed E-state index contributed by atoms with van der Waals surface area (Å²) < 4.78 is 0.648. The van der Waals surface area contributed by atoms with E-state index in [4.69, 9.17) is 11.6 Å². The Bertz CT molecular complexity index is 499. The molecule has 0 bridgehead atoms. The number of hydrogen-bond acceptors (Lipinski definition) is 3. The molecule has 1 aromatic rings. The summed E-state index contributed by atoms with van der Waals surface area (Å²) in [5.74, 6) is 1.45. The number of anilines is 1. The monoisotopic (exact) mass is 327 g/mol. The molecule has 0 aromatic carbocycles.